The summed E-state index contributed by atoms with van der Waals surface area (Å²) in [6, 6.07) is 4.05. The van der Waals surface area contributed by atoms with Gasteiger partial charge in [0.25, 0.3) is 0 Å². The number of rotatable bonds is 1. The molecular formula is C11H15FN2O2S. The number of halogens is 1. The number of sulfone groups is 1. The first-order valence-electron chi connectivity index (χ1n) is 5.41. The van der Waals surface area contributed by atoms with E-state index in [0.717, 1.165) is 0 Å². The first-order valence-corrected chi connectivity index (χ1v) is 7.23. The summed E-state index contributed by atoms with van der Waals surface area (Å²) in [5.41, 5.74) is 6.80. The molecule has 0 aliphatic carbocycles. The molecular weight excluding hydrogens is 243 g/mol. The van der Waals surface area contributed by atoms with Gasteiger partial charge in [-0.05, 0) is 25.1 Å². The van der Waals surface area contributed by atoms with E-state index in [0.29, 0.717) is 17.9 Å². The third-order valence-electron chi connectivity index (χ3n) is 2.97. The van der Waals surface area contributed by atoms with Gasteiger partial charge >= 0.3 is 0 Å². The summed E-state index contributed by atoms with van der Waals surface area (Å²) in [5.74, 6) is -0.152. The average molecular weight is 258 g/mol. The van der Waals surface area contributed by atoms with Gasteiger partial charge < -0.3 is 10.6 Å². The maximum atomic E-state index is 12.9. The molecule has 1 fully saturated rings. The zero-order valence-electron chi connectivity index (χ0n) is 9.56. The highest BCUT2D eigenvalue weighted by molar-refractivity contribution is 7.91. The molecule has 6 heteroatoms. The Morgan fingerprint density at radius 1 is 1.47 bits per heavy atom. The summed E-state index contributed by atoms with van der Waals surface area (Å²) in [5, 5.41) is 0. The van der Waals surface area contributed by atoms with Crippen molar-refractivity contribution in [3.8, 4) is 0 Å². The van der Waals surface area contributed by atoms with Gasteiger partial charge in [-0.3, -0.25) is 0 Å². The van der Waals surface area contributed by atoms with E-state index in [2.05, 4.69) is 0 Å². The lowest BCUT2D eigenvalue weighted by atomic mass is 10.2. The molecule has 1 heterocycles. The Bertz CT molecular complexity index is 530. The maximum Gasteiger partial charge on any atom is 0.154 e. The van der Waals surface area contributed by atoms with Crippen molar-refractivity contribution in [1.29, 1.82) is 0 Å². The lowest BCUT2D eigenvalue weighted by molar-refractivity contribution is 0.568. The molecule has 2 N–H and O–H groups in total. The molecule has 1 atom stereocenters. The van der Waals surface area contributed by atoms with Crippen molar-refractivity contribution in [2.24, 2.45) is 0 Å². The molecule has 1 aliphatic heterocycles. The second-order valence-electron chi connectivity index (χ2n) is 4.36. The number of hydrogen-bond donors (Lipinski definition) is 1. The van der Waals surface area contributed by atoms with Crippen molar-refractivity contribution in [3.63, 3.8) is 0 Å². The van der Waals surface area contributed by atoms with Crippen LogP contribution in [0.3, 0.4) is 0 Å². The van der Waals surface area contributed by atoms with Gasteiger partial charge in [0, 0.05) is 12.6 Å². The van der Waals surface area contributed by atoms with Crippen molar-refractivity contribution in [2.45, 2.75) is 13.0 Å². The number of benzene rings is 1. The van der Waals surface area contributed by atoms with Crippen molar-refractivity contribution >= 4 is 21.2 Å². The number of nitrogens with zero attached hydrogens (tertiary/aromatic N) is 1. The molecule has 0 aromatic heterocycles. The van der Waals surface area contributed by atoms with Crippen molar-refractivity contribution in [2.75, 3.05) is 28.7 Å². The lowest BCUT2D eigenvalue weighted by Crippen LogP contribution is -2.47. The third-order valence-corrected chi connectivity index (χ3v) is 4.76. The van der Waals surface area contributed by atoms with E-state index in [1.54, 1.807) is 6.07 Å². The average Bonchev–Trinajstić information content (AvgIpc) is 2.18. The molecule has 0 amide bonds. The van der Waals surface area contributed by atoms with E-state index < -0.39 is 9.84 Å². The number of nitrogen functional groups attached to an aromatic ring is 1. The Morgan fingerprint density at radius 2 is 2.18 bits per heavy atom. The summed E-state index contributed by atoms with van der Waals surface area (Å²) in [7, 11) is -2.95. The van der Waals surface area contributed by atoms with E-state index in [9.17, 15) is 12.8 Å². The molecule has 17 heavy (non-hydrogen) atoms. The smallest absolute Gasteiger partial charge is 0.154 e. The minimum atomic E-state index is -2.95. The molecule has 1 aromatic carbocycles. The Hall–Kier alpha value is -1.30. The molecule has 94 valence electrons. The molecule has 1 saturated heterocycles. The van der Waals surface area contributed by atoms with E-state index >= 15 is 0 Å². The fraction of sp³-hybridized carbons (Fsp3) is 0.455. The van der Waals surface area contributed by atoms with E-state index in [-0.39, 0.29) is 23.4 Å². The number of hydrogen-bond acceptors (Lipinski definition) is 4. The van der Waals surface area contributed by atoms with Gasteiger partial charge in [-0.25, -0.2) is 12.8 Å². The molecule has 1 aliphatic rings. The Labute approximate surface area is 100 Å². The van der Waals surface area contributed by atoms with Crippen molar-refractivity contribution in [3.05, 3.63) is 24.0 Å². The van der Waals surface area contributed by atoms with Crippen molar-refractivity contribution < 1.29 is 12.8 Å². The van der Waals surface area contributed by atoms with Gasteiger partial charge in [-0.1, -0.05) is 0 Å². The van der Waals surface area contributed by atoms with Crippen LogP contribution in [0.5, 0.6) is 0 Å². The highest BCUT2D eigenvalue weighted by Gasteiger charge is 2.29. The van der Waals surface area contributed by atoms with Crippen LogP contribution in [-0.2, 0) is 9.84 Å². The summed E-state index contributed by atoms with van der Waals surface area (Å²) in [4.78, 5) is 1.91. The monoisotopic (exact) mass is 258 g/mol. The van der Waals surface area contributed by atoms with Crippen LogP contribution in [0.4, 0.5) is 15.8 Å². The van der Waals surface area contributed by atoms with Gasteiger partial charge in [0.15, 0.2) is 9.84 Å². The molecule has 4 nitrogen and oxygen atoms in total. The second-order valence-corrected chi connectivity index (χ2v) is 6.59. The zero-order chi connectivity index (χ0) is 12.6. The minimum absolute atomic E-state index is 0.115. The topological polar surface area (TPSA) is 63.4 Å². The van der Waals surface area contributed by atoms with Crippen LogP contribution in [0.25, 0.3) is 0 Å². The van der Waals surface area contributed by atoms with Gasteiger partial charge in [0.2, 0.25) is 0 Å². The molecule has 0 spiro atoms. The fourth-order valence-electron chi connectivity index (χ4n) is 2.14. The van der Waals surface area contributed by atoms with Crippen LogP contribution in [0, 0.1) is 5.82 Å². The zero-order valence-corrected chi connectivity index (χ0v) is 10.4. The second kappa shape index (κ2) is 4.18. The van der Waals surface area contributed by atoms with E-state index in [4.69, 9.17) is 5.73 Å². The quantitative estimate of drug-likeness (QED) is 0.764. The van der Waals surface area contributed by atoms with Crippen LogP contribution in [0.15, 0.2) is 18.2 Å². The van der Waals surface area contributed by atoms with Crippen LogP contribution < -0.4 is 10.6 Å². The number of anilines is 2. The number of nitrogens with two attached hydrogens (primary N) is 1. The van der Waals surface area contributed by atoms with Gasteiger partial charge in [-0.15, -0.1) is 0 Å². The SMILES string of the molecule is CC1CS(=O)(=O)CCN1c1ccc(F)cc1N. The summed E-state index contributed by atoms with van der Waals surface area (Å²) >= 11 is 0. The maximum absolute atomic E-state index is 12.9. The largest absolute Gasteiger partial charge is 0.397 e. The van der Waals surface area contributed by atoms with Gasteiger partial charge in [-0.2, -0.15) is 0 Å². The van der Waals surface area contributed by atoms with Crippen LogP contribution in [0.2, 0.25) is 0 Å². The predicted molar refractivity (Wildman–Crippen MR) is 66.3 cm³/mol. The van der Waals surface area contributed by atoms with Crippen molar-refractivity contribution in [1.82, 2.24) is 0 Å². The molecule has 0 radical (unpaired) electrons. The Morgan fingerprint density at radius 3 is 2.76 bits per heavy atom. The highest BCUT2D eigenvalue weighted by Crippen LogP contribution is 2.27. The minimum Gasteiger partial charge on any atom is -0.397 e. The molecule has 0 bridgehead atoms. The highest BCUT2D eigenvalue weighted by atomic mass is 32.2. The van der Waals surface area contributed by atoms with E-state index in [1.165, 1.54) is 12.1 Å². The first-order chi connectivity index (χ1) is 7.89. The van der Waals surface area contributed by atoms with Gasteiger partial charge in [0.05, 0.1) is 22.9 Å². The normalized spacial score (nSPS) is 23.6. The van der Waals surface area contributed by atoms with Crippen LogP contribution >= 0.6 is 0 Å². The molecule has 1 aromatic rings. The van der Waals surface area contributed by atoms with Crippen LogP contribution in [0.1, 0.15) is 6.92 Å². The molecule has 2 rings (SSSR count). The summed E-state index contributed by atoms with van der Waals surface area (Å²) in [6.07, 6.45) is 0. The predicted octanol–water partition coefficient (Wildman–Crippen LogP) is 1.03. The summed E-state index contributed by atoms with van der Waals surface area (Å²) < 4.78 is 35.9. The van der Waals surface area contributed by atoms with E-state index in [1.807, 2.05) is 11.8 Å². The standard InChI is InChI=1S/C11H15FN2O2S/c1-8-7-17(15,16)5-4-14(8)11-3-2-9(12)6-10(11)13/h2-3,6,8H,4-5,7,13H2,1H3. The fourth-order valence-corrected chi connectivity index (χ4v) is 3.70. The first kappa shape index (κ1) is 12.2. The Kier molecular flexibility index (Phi) is 2.99. The molecule has 1 unspecified atom stereocenters. The van der Waals surface area contributed by atoms with Gasteiger partial charge in [0.1, 0.15) is 5.82 Å². The Balaban J connectivity index is 2.29. The van der Waals surface area contributed by atoms with Crippen LogP contribution in [-0.4, -0.2) is 32.5 Å². The summed E-state index contributed by atoms with van der Waals surface area (Å²) in [6.45, 7) is 2.23. The molecule has 0 saturated carbocycles. The lowest BCUT2D eigenvalue weighted by Gasteiger charge is -2.35. The third kappa shape index (κ3) is 2.52.